The van der Waals surface area contributed by atoms with Crippen LogP contribution in [0.5, 0.6) is 0 Å². The SMILES string of the molecule is CC(O)(C(N)=O)c1c(Cl)cccc1Cl. The molecule has 0 spiro atoms. The number of aliphatic hydroxyl groups is 1. The first-order valence-corrected chi connectivity index (χ1v) is 4.59. The highest BCUT2D eigenvalue weighted by molar-refractivity contribution is 6.36. The molecule has 1 amide bonds. The Morgan fingerprint density at radius 2 is 1.86 bits per heavy atom. The largest absolute Gasteiger partial charge is 0.375 e. The average molecular weight is 234 g/mol. The van der Waals surface area contributed by atoms with E-state index in [-0.39, 0.29) is 15.6 Å². The average Bonchev–Trinajstić information content (AvgIpc) is 2.02. The van der Waals surface area contributed by atoms with Crippen LogP contribution in [0.2, 0.25) is 10.0 Å². The summed E-state index contributed by atoms with van der Waals surface area (Å²) in [4.78, 5) is 11.0. The second-order valence-electron chi connectivity index (χ2n) is 3.03. The highest BCUT2D eigenvalue weighted by Crippen LogP contribution is 2.33. The fraction of sp³-hybridized carbons (Fsp3) is 0.222. The summed E-state index contributed by atoms with van der Waals surface area (Å²) in [5.41, 5.74) is 3.32. The van der Waals surface area contributed by atoms with Gasteiger partial charge in [0.2, 0.25) is 0 Å². The van der Waals surface area contributed by atoms with Gasteiger partial charge in [-0.15, -0.1) is 0 Å². The molecule has 1 atom stereocenters. The quantitative estimate of drug-likeness (QED) is 0.817. The van der Waals surface area contributed by atoms with E-state index < -0.39 is 11.5 Å². The van der Waals surface area contributed by atoms with Crippen molar-refractivity contribution in [2.75, 3.05) is 0 Å². The molecule has 1 aromatic carbocycles. The van der Waals surface area contributed by atoms with Crippen molar-refractivity contribution < 1.29 is 9.90 Å². The van der Waals surface area contributed by atoms with E-state index in [2.05, 4.69) is 0 Å². The van der Waals surface area contributed by atoms with E-state index in [1.165, 1.54) is 19.1 Å². The summed E-state index contributed by atoms with van der Waals surface area (Å²) in [5.74, 6) is -0.896. The molecule has 1 aromatic rings. The first-order chi connectivity index (χ1) is 6.37. The summed E-state index contributed by atoms with van der Waals surface area (Å²) < 4.78 is 0. The highest BCUT2D eigenvalue weighted by atomic mass is 35.5. The number of benzene rings is 1. The van der Waals surface area contributed by atoms with Crippen LogP contribution in [0, 0.1) is 0 Å². The van der Waals surface area contributed by atoms with Crippen molar-refractivity contribution >= 4 is 29.1 Å². The van der Waals surface area contributed by atoms with Gasteiger partial charge in [0.05, 0.1) is 0 Å². The van der Waals surface area contributed by atoms with E-state index in [4.69, 9.17) is 28.9 Å². The summed E-state index contributed by atoms with van der Waals surface area (Å²) in [6, 6.07) is 4.67. The Bertz CT molecular complexity index is 357. The molecule has 3 nitrogen and oxygen atoms in total. The van der Waals surface area contributed by atoms with Gasteiger partial charge < -0.3 is 10.8 Å². The number of amides is 1. The molecule has 1 rings (SSSR count). The molecule has 0 heterocycles. The van der Waals surface area contributed by atoms with Gasteiger partial charge in [0.25, 0.3) is 5.91 Å². The molecule has 0 saturated heterocycles. The number of carbonyl (C=O) groups is 1. The van der Waals surface area contributed by atoms with Crippen LogP contribution in [0.1, 0.15) is 12.5 Å². The Hall–Kier alpha value is -0.770. The zero-order valence-electron chi connectivity index (χ0n) is 7.42. The number of rotatable bonds is 2. The van der Waals surface area contributed by atoms with Crippen LogP contribution in [0.4, 0.5) is 0 Å². The van der Waals surface area contributed by atoms with Gasteiger partial charge in [-0.05, 0) is 19.1 Å². The maximum absolute atomic E-state index is 11.0. The van der Waals surface area contributed by atoms with E-state index in [0.717, 1.165) is 0 Å². The summed E-state index contributed by atoms with van der Waals surface area (Å²) in [7, 11) is 0. The van der Waals surface area contributed by atoms with E-state index in [1.807, 2.05) is 0 Å². The fourth-order valence-electron chi connectivity index (χ4n) is 1.09. The summed E-state index contributed by atoms with van der Waals surface area (Å²) in [5, 5.41) is 10.2. The van der Waals surface area contributed by atoms with Crippen molar-refractivity contribution in [1.82, 2.24) is 0 Å². The minimum Gasteiger partial charge on any atom is -0.375 e. The van der Waals surface area contributed by atoms with Gasteiger partial charge in [0, 0.05) is 15.6 Å². The summed E-state index contributed by atoms with van der Waals surface area (Å²) in [6.07, 6.45) is 0. The Kier molecular flexibility index (Phi) is 3.04. The molecule has 0 saturated carbocycles. The van der Waals surface area contributed by atoms with Gasteiger partial charge in [-0.3, -0.25) is 4.79 Å². The molecule has 5 heteroatoms. The molecule has 14 heavy (non-hydrogen) atoms. The van der Waals surface area contributed by atoms with E-state index in [1.54, 1.807) is 6.07 Å². The van der Waals surface area contributed by atoms with Crippen LogP contribution in [0.15, 0.2) is 18.2 Å². The normalized spacial score (nSPS) is 14.9. The molecule has 0 aliphatic heterocycles. The Labute approximate surface area is 91.4 Å². The van der Waals surface area contributed by atoms with E-state index in [9.17, 15) is 9.90 Å². The minimum absolute atomic E-state index is 0.135. The third-order valence-corrected chi connectivity index (χ3v) is 2.56. The van der Waals surface area contributed by atoms with Crippen molar-refractivity contribution in [3.8, 4) is 0 Å². The number of carbonyl (C=O) groups excluding carboxylic acids is 1. The monoisotopic (exact) mass is 233 g/mol. The second-order valence-corrected chi connectivity index (χ2v) is 3.85. The molecule has 0 aromatic heterocycles. The first-order valence-electron chi connectivity index (χ1n) is 3.84. The van der Waals surface area contributed by atoms with Crippen molar-refractivity contribution in [2.24, 2.45) is 5.73 Å². The lowest BCUT2D eigenvalue weighted by Crippen LogP contribution is -2.38. The fourth-order valence-corrected chi connectivity index (χ4v) is 1.85. The van der Waals surface area contributed by atoms with Gasteiger partial charge in [0.1, 0.15) is 0 Å². The van der Waals surface area contributed by atoms with Crippen LogP contribution in [0.25, 0.3) is 0 Å². The molecule has 0 bridgehead atoms. The van der Waals surface area contributed by atoms with Crippen LogP contribution in [-0.2, 0) is 10.4 Å². The van der Waals surface area contributed by atoms with Crippen LogP contribution >= 0.6 is 23.2 Å². The van der Waals surface area contributed by atoms with Gasteiger partial charge in [-0.1, -0.05) is 29.3 Å². The summed E-state index contributed by atoms with van der Waals surface area (Å²) >= 11 is 11.6. The molecule has 76 valence electrons. The predicted molar refractivity (Wildman–Crippen MR) is 55.2 cm³/mol. The third-order valence-electron chi connectivity index (χ3n) is 1.93. The zero-order valence-corrected chi connectivity index (χ0v) is 8.93. The maximum Gasteiger partial charge on any atom is 0.253 e. The lowest BCUT2D eigenvalue weighted by molar-refractivity contribution is -0.135. The first kappa shape index (κ1) is 11.3. The Balaban J connectivity index is 3.38. The zero-order chi connectivity index (χ0) is 10.9. The van der Waals surface area contributed by atoms with Crippen molar-refractivity contribution in [1.29, 1.82) is 0 Å². The van der Waals surface area contributed by atoms with Crippen molar-refractivity contribution in [2.45, 2.75) is 12.5 Å². The predicted octanol–water partition coefficient (Wildman–Crippen LogP) is 1.69. The summed E-state index contributed by atoms with van der Waals surface area (Å²) in [6.45, 7) is 1.25. The molecule has 3 N–H and O–H groups in total. The van der Waals surface area contributed by atoms with Crippen molar-refractivity contribution in [3.63, 3.8) is 0 Å². The van der Waals surface area contributed by atoms with Crippen LogP contribution < -0.4 is 5.73 Å². The molecule has 1 unspecified atom stereocenters. The minimum atomic E-state index is -1.85. The van der Waals surface area contributed by atoms with E-state index in [0.29, 0.717) is 0 Å². The Morgan fingerprint density at radius 3 is 2.21 bits per heavy atom. The topological polar surface area (TPSA) is 63.3 Å². The lowest BCUT2D eigenvalue weighted by Gasteiger charge is -2.21. The maximum atomic E-state index is 11.0. The number of halogens is 2. The molecule has 0 fully saturated rings. The highest BCUT2D eigenvalue weighted by Gasteiger charge is 2.34. The number of hydrogen-bond donors (Lipinski definition) is 2. The smallest absolute Gasteiger partial charge is 0.253 e. The van der Waals surface area contributed by atoms with Gasteiger partial charge in [0.15, 0.2) is 5.60 Å². The second kappa shape index (κ2) is 3.77. The number of primary amides is 1. The van der Waals surface area contributed by atoms with Gasteiger partial charge in [-0.25, -0.2) is 0 Å². The lowest BCUT2D eigenvalue weighted by atomic mass is 9.95. The van der Waals surface area contributed by atoms with E-state index >= 15 is 0 Å². The Morgan fingerprint density at radius 1 is 1.43 bits per heavy atom. The standard InChI is InChI=1S/C9H9Cl2NO2/c1-9(14,8(12)13)7-5(10)3-2-4-6(7)11/h2-4,14H,1H3,(H2,12,13). The third kappa shape index (κ3) is 1.85. The van der Waals surface area contributed by atoms with Gasteiger partial charge >= 0.3 is 0 Å². The molecule has 0 aliphatic carbocycles. The van der Waals surface area contributed by atoms with Crippen molar-refractivity contribution in [3.05, 3.63) is 33.8 Å². The molecule has 0 aliphatic rings. The van der Waals surface area contributed by atoms with Crippen LogP contribution in [0.3, 0.4) is 0 Å². The number of nitrogens with two attached hydrogens (primary N) is 1. The molecular weight excluding hydrogens is 225 g/mol. The number of hydrogen-bond acceptors (Lipinski definition) is 2. The van der Waals surface area contributed by atoms with Gasteiger partial charge in [-0.2, -0.15) is 0 Å². The molecule has 0 radical (unpaired) electrons. The molecular formula is C9H9Cl2NO2. The van der Waals surface area contributed by atoms with Crippen LogP contribution in [-0.4, -0.2) is 11.0 Å².